The lowest BCUT2D eigenvalue weighted by Gasteiger charge is -2.28. The predicted octanol–water partition coefficient (Wildman–Crippen LogP) is 1.84. The van der Waals surface area contributed by atoms with Crippen LogP contribution in [0, 0.1) is 5.82 Å². The quantitative estimate of drug-likeness (QED) is 0.534. The minimum atomic E-state index is -3.95. The maximum Gasteiger partial charge on any atom is 0.257 e. The number of primary sulfonamides is 1. The molecule has 174 valence electrons. The number of carbonyl (C=O) groups is 3. The van der Waals surface area contributed by atoms with Gasteiger partial charge in [-0.3, -0.25) is 19.4 Å². The van der Waals surface area contributed by atoms with Crippen LogP contribution in [-0.4, -0.2) is 42.1 Å². The van der Waals surface area contributed by atoms with Crippen LogP contribution in [0.25, 0.3) is 0 Å². The van der Waals surface area contributed by atoms with Gasteiger partial charge in [0.15, 0.2) is 0 Å². The first-order valence-corrected chi connectivity index (χ1v) is 11.6. The fourth-order valence-electron chi connectivity index (χ4n) is 3.69. The van der Waals surface area contributed by atoms with Crippen molar-refractivity contribution in [1.29, 1.82) is 0 Å². The van der Waals surface area contributed by atoms with Gasteiger partial charge < -0.3 is 4.90 Å². The Kier molecular flexibility index (Phi) is 6.22. The van der Waals surface area contributed by atoms with Crippen molar-refractivity contribution in [2.75, 3.05) is 4.90 Å². The third-order valence-electron chi connectivity index (χ3n) is 5.35. The fraction of sp³-hybridized carbons (Fsp3) is 0.130. The SMILES string of the molecule is NS(=O)(=O)c1ccc(N2C(=O)CC(N(Cc3cccnc3)C(=O)c3ccc(F)cc3)C2=O)cc1. The topological polar surface area (TPSA) is 131 Å². The molecule has 3 aromatic rings. The van der Waals surface area contributed by atoms with Crippen molar-refractivity contribution in [3.05, 3.63) is 90.0 Å². The zero-order chi connectivity index (χ0) is 24.5. The van der Waals surface area contributed by atoms with Crippen molar-refractivity contribution < 1.29 is 27.2 Å². The lowest BCUT2D eigenvalue weighted by atomic mass is 10.1. The van der Waals surface area contributed by atoms with E-state index in [1.165, 1.54) is 47.5 Å². The number of halogens is 1. The Balaban J connectivity index is 1.67. The molecule has 0 spiro atoms. The molecular formula is C23H19FN4O5S. The van der Waals surface area contributed by atoms with Crippen molar-refractivity contribution >= 4 is 33.4 Å². The number of nitrogens with two attached hydrogens (primary N) is 1. The molecule has 9 nitrogen and oxygen atoms in total. The molecule has 4 rings (SSSR count). The average Bonchev–Trinajstić information content (AvgIpc) is 3.11. The number of hydrogen-bond acceptors (Lipinski definition) is 6. The molecule has 1 fully saturated rings. The molecule has 1 atom stereocenters. The highest BCUT2D eigenvalue weighted by atomic mass is 32.2. The molecule has 2 heterocycles. The molecule has 1 aliphatic rings. The summed E-state index contributed by atoms with van der Waals surface area (Å²) >= 11 is 0. The second-order valence-electron chi connectivity index (χ2n) is 7.63. The van der Waals surface area contributed by atoms with E-state index in [1.54, 1.807) is 18.3 Å². The monoisotopic (exact) mass is 482 g/mol. The van der Waals surface area contributed by atoms with Gasteiger partial charge in [0.25, 0.3) is 11.8 Å². The molecular weight excluding hydrogens is 463 g/mol. The van der Waals surface area contributed by atoms with E-state index >= 15 is 0 Å². The number of sulfonamides is 1. The van der Waals surface area contributed by atoms with Crippen molar-refractivity contribution in [2.24, 2.45) is 5.14 Å². The van der Waals surface area contributed by atoms with E-state index < -0.39 is 39.6 Å². The summed E-state index contributed by atoms with van der Waals surface area (Å²) in [5.41, 5.74) is 0.941. The fourth-order valence-corrected chi connectivity index (χ4v) is 4.20. The molecule has 0 saturated carbocycles. The molecule has 1 saturated heterocycles. The summed E-state index contributed by atoms with van der Waals surface area (Å²) < 4.78 is 36.4. The summed E-state index contributed by atoms with van der Waals surface area (Å²) in [6, 6.07) is 12.1. The predicted molar refractivity (Wildman–Crippen MR) is 119 cm³/mol. The molecule has 2 aromatic carbocycles. The van der Waals surface area contributed by atoms with Gasteiger partial charge in [-0.2, -0.15) is 0 Å². The molecule has 11 heteroatoms. The first kappa shape index (κ1) is 23.2. The highest BCUT2D eigenvalue weighted by Crippen LogP contribution is 2.28. The number of amides is 3. The standard InChI is InChI=1S/C23H19FN4O5S/c24-17-5-3-16(4-6-17)22(30)27(14-15-2-1-11-26-13-15)20-12-21(29)28(23(20)31)18-7-9-19(10-8-18)34(25,32)33/h1-11,13,20H,12,14H2,(H2,25,32,33). The molecule has 1 unspecified atom stereocenters. The highest BCUT2D eigenvalue weighted by molar-refractivity contribution is 7.89. The lowest BCUT2D eigenvalue weighted by molar-refractivity contribution is -0.122. The Hall–Kier alpha value is -3.96. The van der Waals surface area contributed by atoms with Crippen molar-refractivity contribution in [2.45, 2.75) is 23.9 Å². The van der Waals surface area contributed by atoms with Crippen molar-refractivity contribution in [3.8, 4) is 0 Å². The van der Waals surface area contributed by atoms with Gasteiger partial charge in [-0.05, 0) is 60.2 Å². The lowest BCUT2D eigenvalue weighted by Crippen LogP contribution is -2.45. The summed E-state index contributed by atoms with van der Waals surface area (Å²) in [4.78, 5) is 45.4. The van der Waals surface area contributed by atoms with E-state index in [-0.39, 0.29) is 29.1 Å². The number of carbonyl (C=O) groups excluding carboxylic acids is 3. The number of rotatable bonds is 6. The number of benzene rings is 2. The van der Waals surface area contributed by atoms with Gasteiger partial charge in [-0.1, -0.05) is 6.07 Å². The van der Waals surface area contributed by atoms with Gasteiger partial charge >= 0.3 is 0 Å². The Labute approximate surface area is 194 Å². The van der Waals surface area contributed by atoms with Crippen LogP contribution in [0.5, 0.6) is 0 Å². The number of imide groups is 1. The number of anilines is 1. The summed E-state index contributed by atoms with van der Waals surface area (Å²) in [6.07, 6.45) is 2.83. The first-order valence-electron chi connectivity index (χ1n) is 10.1. The van der Waals surface area contributed by atoms with Crippen molar-refractivity contribution in [1.82, 2.24) is 9.88 Å². The Bertz CT molecular complexity index is 1350. The maximum atomic E-state index is 13.4. The Morgan fingerprint density at radius 1 is 1.09 bits per heavy atom. The largest absolute Gasteiger partial charge is 0.322 e. The molecule has 0 bridgehead atoms. The number of aromatic nitrogens is 1. The number of nitrogens with zero attached hydrogens (tertiary/aromatic N) is 3. The van der Waals surface area contributed by atoms with Gasteiger partial charge in [-0.15, -0.1) is 0 Å². The van der Waals surface area contributed by atoms with E-state index in [4.69, 9.17) is 5.14 Å². The van der Waals surface area contributed by atoms with E-state index in [9.17, 15) is 27.2 Å². The smallest absolute Gasteiger partial charge is 0.257 e. The Morgan fingerprint density at radius 3 is 2.35 bits per heavy atom. The van der Waals surface area contributed by atoms with Crippen LogP contribution in [0.15, 0.2) is 78.0 Å². The van der Waals surface area contributed by atoms with E-state index in [1.807, 2.05) is 0 Å². The third-order valence-corrected chi connectivity index (χ3v) is 6.28. The van der Waals surface area contributed by atoms with Crippen LogP contribution in [0.1, 0.15) is 22.3 Å². The summed E-state index contributed by atoms with van der Waals surface area (Å²) in [5, 5.41) is 5.10. The minimum Gasteiger partial charge on any atom is -0.322 e. The van der Waals surface area contributed by atoms with Gasteiger partial charge in [0.1, 0.15) is 11.9 Å². The van der Waals surface area contributed by atoms with Crippen LogP contribution in [0.4, 0.5) is 10.1 Å². The van der Waals surface area contributed by atoms with Crippen LogP contribution < -0.4 is 10.0 Å². The summed E-state index contributed by atoms with van der Waals surface area (Å²) in [5.74, 6) is -2.27. The Morgan fingerprint density at radius 2 is 1.76 bits per heavy atom. The van der Waals surface area contributed by atoms with Gasteiger partial charge in [0.2, 0.25) is 15.9 Å². The average molecular weight is 482 g/mol. The van der Waals surface area contributed by atoms with E-state index in [0.717, 1.165) is 17.0 Å². The van der Waals surface area contributed by atoms with E-state index in [0.29, 0.717) is 5.56 Å². The molecule has 0 aliphatic carbocycles. The van der Waals surface area contributed by atoms with Crippen LogP contribution in [0.3, 0.4) is 0 Å². The minimum absolute atomic E-state index is 0.00800. The van der Waals surface area contributed by atoms with Crippen LogP contribution in [0.2, 0.25) is 0 Å². The van der Waals surface area contributed by atoms with Gasteiger partial charge in [-0.25, -0.2) is 22.8 Å². The molecule has 34 heavy (non-hydrogen) atoms. The summed E-state index contributed by atoms with van der Waals surface area (Å²) in [7, 11) is -3.95. The van der Waals surface area contributed by atoms with E-state index in [2.05, 4.69) is 4.98 Å². The molecule has 1 aliphatic heterocycles. The van der Waals surface area contributed by atoms with Crippen LogP contribution >= 0.6 is 0 Å². The van der Waals surface area contributed by atoms with Gasteiger partial charge in [0, 0.05) is 24.5 Å². The normalized spacial score (nSPS) is 16.1. The highest BCUT2D eigenvalue weighted by Gasteiger charge is 2.44. The zero-order valence-electron chi connectivity index (χ0n) is 17.7. The second kappa shape index (κ2) is 9.12. The number of pyridine rings is 1. The number of hydrogen-bond donors (Lipinski definition) is 1. The third kappa shape index (κ3) is 4.70. The zero-order valence-corrected chi connectivity index (χ0v) is 18.5. The molecule has 2 N–H and O–H groups in total. The van der Waals surface area contributed by atoms with Gasteiger partial charge in [0.05, 0.1) is 17.0 Å². The summed E-state index contributed by atoms with van der Waals surface area (Å²) in [6.45, 7) is -0.00800. The molecule has 1 aromatic heterocycles. The molecule has 0 radical (unpaired) electrons. The first-order chi connectivity index (χ1) is 16.1. The maximum absolute atomic E-state index is 13.4. The van der Waals surface area contributed by atoms with Crippen LogP contribution in [-0.2, 0) is 26.2 Å². The van der Waals surface area contributed by atoms with Crippen molar-refractivity contribution in [3.63, 3.8) is 0 Å². The molecule has 3 amide bonds. The second-order valence-corrected chi connectivity index (χ2v) is 9.19.